The van der Waals surface area contributed by atoms with Crippen molar-refractivity contribution in [2.75, 3.05) is 0 Å². The van der Waals surface area contributed by atoms with Gasteiger partial charge in [0.15, 0.2) is 17.5 Å². The van der Waals surface area contributed by atoms with Crippen molar-refractivity contribution >= 4 is 54.5 Å². The van der Waals surface area contributed by atoms with Crippen molar-refractivity contribution in [2.24, 2.45) is 0 Å². The highest BCUT2D eigenvalue weighted by molar-refractivity contribution is 6.14. The molecule has 0 atom stereocenters. The van der Waals surface area contributed by atoms with E-state index in [1.165, 1.54) is 32.6 Å². The minimum Gasteiger partial charge on any atom is -0.456 e. The molecule has 0 unspecified atom stereocenters. The molecule has 12 rings (SSSR count). The molecule has 0 bridgehead atoms. The predicted molar refractivity (Wildman–Crippen MR) is 246 cm³/mol. The Labute approximate surface area is 345 Å². The van der Waals surface area contributed by atoms with Crippen LogP contribution in [0.1, 0.15) is 0 Å². The summed E-state index contributed by atoms with van der Waals surface area (Å²) in [7, 11) is 0. The van der Waals surface area contributed by atoms with Crippen LogP contribution >= 0.6 is 0 Å². The van der Waals surface area contributed by atoms with Crippen molar-refractivity contribution in [3.63, 3.8) is 0 Å². The zero-order valence-corrected chi connectivity index (χ0v) is 32.3. The van der Waals surface area contributed by atoms with Crippen molar-refractivity contribution in [2.45, 2.75) is 0 Å². The molecule has 12 aromatic rings. The molecule has 0 spiro atoms. The first kappa shape index (κ1) is 33.9. The molecule has 280 valence electrons. The fraction of sp³-hybridized carbons (Fsp3) is 0. The number of benzene rings is 9. The average molecular weight is 767 g/mol. The minimum absolute atomic E-state index is 0.592. The lowest BCUT2D eigenvalue weighted by Gasteiger charge is -2.12. The maximum atomic E-state index is 6.54. The number of aromatic nitrogens is 4. The Hall–Kier alpha value is -8.15. The SMILES string of the molecule is c1ccc(-c2nc(-c3ccccc3)nc(-c3cc(-c4ccc(-c5ccc(-n6c7ccccc7c7cc8ccccc8cc76)cc5)cc4)cc4oc5ccccc5c34)n2)cc1. The third-order valence-corrected chi connectivity index (χ3v) is 11.6. The zero-order valence-electron chi connectivity index (χ0n) is 32.3. The Kier molecular flexibility index (Phi) is 7.78. The number of para-hydroxylation sites is 2. The molecule has 0 saturated heterocycles. The minimum atomic E-state index is 0.592. The Balaban J connectivity index is 0.950. The maximum absolute atomic E-state index is 6.54. The Bertz CT molecular complexity index is 3510. The second-order valence-corrected chi connectivity index (χ2v) is 15.2. The normalized spacial score (nSPS) is 11.7. The van der Waals surface area contributed by atoms with Crippen LogP contribution in [0.15, 0.2) is 211 Å². The van der Waals surface area contributed by atoms with Crippen LogP contribution in [0.3, 0.4) is 0 Å². The molecule has 0 fully saturated rings. The van der Waals surface area contributed by atoms with Gasteiger partial charge in [0.1, 0.15) is 11.2 Å². The molecular weight excluding hydrogens is 733 g/mol. The molecule has 0 aliphatic heterocycles. The quantitative estimate of drug-likeness (QED) is 0.169. The number of hydrogen-bond donors (Lipinski definition) is 0. The van der Waals surface area contributed by atoms with Crippen LogP contribution in [0.4, 0.5) is 0 Å². The molecule has 3 aromatic heterocycles. The third-order valence-electron chi connectivity index (χ3n) is 11.6. The van der Waals surface area contributed by atoms with Gasteiger partial charge in [-0.3, -0.25) is 0 Å². The summed E-state index contributed by atoms with van der Waals surface area (Å²) >= 11 is 0. The molecule has 0 aliphatic rings. The van der Waals surface area contributed by atoms with Gasteiger partial charge in [0.05, 0.1) is 11.0 Å². The van der Waals surface area contributed by atoms with E-state index in [0.717, 1.165) is 66.6 Å². The largest absolute Gasteiger partial charge is 0.456 e. The average Bonchev–Trinajstić information content (AvgIpc) is 3.86. The van der Waals surface area contributed by atoms with Crippen molar-refractivity contribution in [3.05, 3.63) is 206 Å². The van der Waals surface area contributed by atoms with Gasteiger partial charge < -0.3 is 8.98 Å². The van der Waals surface area contributed by atoms with Crippen LogP contribution in [-0.4, -0.2) is 19.5 Å². The van der Waals surface area contributed by atoms with Gasteiger partial charge in [0, 0.05) is 43.9 Å². The molecular formula is C55H34N4O. The van der Waals surface area contributed by atoms with E-state index < -0.39 is 0 Å². The van der Waals surface area contributed by atoms with E-state index in [-0.39, 0.29) is 0 Å². The van der Waals surface area contributed by atoms with E-state index in [9.17, 15) is 0 Å². The van der Waals surface area contributed by atoms with Crippen LogP contribution in [0, 0.1) is 0 Å². The smallest absolute Gasteiger partial charge is 0.164 e. The first-order valence-corrected chi connectivity index (χ1v) is 20.2. The Morgan fingerprint density at radius 2 is 0.867 bits per heavy atom. The highest BCUT2D eigenvalue weighted by atomic mass is 16.3. The summed E-state index contributed by atoms with van der Waals surface area (Å²) in [5.41, 5.74) is 12.3. The van der Waals surface area contributed by atoms with Crippen LogP contribution in [0.2, 0.25) is 0 Å². The molecule has 0 aliphatic carbocycles. The van der Waals surface area contributed by atoms with Gasteiger partial charge in [-0.15, -0.1) is 0 Å². The molecule has 5 heteroatoms. The summed E-state index contributed by atoms with van der Waals surface area (Å²) in [6.07, 6.45) is 0. The highest BCUT2D eigenvalue weighted by Crippen LogP contribution is 2.41. The van der Waals surface area contributed by atoms with Gasteiger partial charge >= 0.3 is 0 Å². The molecule has 60 heavy (non-hydrogen) atoms. The number of nitrogens with zero attached hydrogens (tertiary/aromatic N) is 4. The topological polar surface area (TPSA) is 56.7 Å². The van der Waals surface area contributed by atoms with E-state index >= 15 is 0 Å². The predicted octanol–water partition coefficient (Wildman–Crippen LogP) is 14.4. The summed E-state index contributed by atoms with van der Waals surface area (Å²) in [5, 5.41) is 7.00. The van der Waals surface area contributed by atoms with Crippen molar-refractivity contribution in [1.82, 2.24) is 19.5 Å². The molecule has 5 nitrogen and oxygen atoms in total. The summed E-state index contributed by atoms with van der Waals surface area (Å²) in [6, 6.07) is 72.3. The summed E-state index contributed by atoms with van der Waals surface area (Å²) in [4.78, 5) is 15.2. The standard InChI is InChI=1S/C55H34N4O/c1-3-13-38(14-4-1)53-56-54(39-15-5-2-6-16-39)58-55(57-53)47-32-42(34-51-52(47)45-20-10-12-22-50(45)60-51)37-25-23-35(24-26-37)36-27-29-43(30-28-36)59-48-21-11-9-19-44(48)46-31-40-17-7-8-18-41(40)33-49(46)59/h1-34H. The molecule has 3 heterocycles. The summed E-state index contributed by atoms with van der Waals surface area (Å²) in [5.74, 6) is 1.83. The second-order valence-electron chi connectivity index (χ2n) is 15.2. The monoisotopic (exact) mass is 766 g/mol. The van der Waals surface area contributed by atoms with Crippen LogP contribution in [0.25, 0.3) is 117 Å². The van der Waals surface area contributed by atoms with E-state index in [1.54, 1.807) is 0 Å². The van der Waals surface area contributed by atoms with E-state index in [1.807, 2.05) is 78.9 Å². The zero-order chi connectivity index (χ0) is 39.6. The van der Waals surface area contributed by atoms with Crippen LogP contribution in [-0.2, 0) is 0 Å². The lowest BCUT2D eigenvalue weighted by atomic mass is 9.96. The fourth-order valence-electron chi connectivity index (χ4n) is 8.72. The highest BCUT2D eigenvalue weighted by Gasteiger charge is 2.20. The van der Waals surface area contributed by atoms with Gasteiger partial charge in [-0.05, 0) is 81.6 Å². The van der Waals surface area contributed by atoms with Gasteiger partial charge in [0.25, 0.3) is 0 Å². The molecule has 0 amide bonds. The van der Waals surface area contributed by atoms with Crippen molar-refractivity contribution in [3.8, 4) is 62.1 Å². The third kappa shape index (κ3) is 5.67. The number of furan rings is 1. The van der Waals surface area contributed by atoms with Crippen molar-refractivity contribution in [1.29, 1.82) is 0 Å². The van der Waals surface area contributed by atoms with Gasteiger partial charge in [-0.25, -0.2) is 15.0 Å². The molecule has 9 aromatic carbocycles. The Morgan fingerprint density at radius 1 is 0.333 bits per heavy atom. The van der Waals surface area contributed by atoms with Gasteiger partial charge in [-0.2, -0.15) is 0 Å². The first-order chi connectivity index (χ1) is 29.7. The lowest BCUT2D eigenvalue weighted by molar-refractivity contribution is 0.669. The molecule has 0 saturated carbocycles. The number of rotatable bonds is 6. The van der Waals surface area contributed by atoms with Crippen LogP contribution < -0.4 is 0 Å². The van der Waals surface area contributed by atoms with E-state index in [0.29, 0.717) is 17.5 Å². The second kappa shape index (κ2) is 13.8. The van der Waals surface area contributed by atoms with E-state index in [2.05, 4.69) is 132 Å². The van der Waals surface area contributed by atoms with E-state index in [4.69, 9.17) is 19.4 Å². The van der Waals surface area contributed by atoms with Gasteiger partial charge in [0.2, 0.25) is 0 Å². The number of hydrogen-bond acceptors (Lipinski definition) is 4. The number of fused-ring (bicyclic) bond motifs is 7. The Morgan fingerprint density at radius 3 is 1.55 bits per heavy atom. The van der Waals surface area contributed by atoms with Crippen LogP contribution in [0.5, 0.6) is 0 Å². The molecule has 0 N–H and O–H groups in total. The maximum Gasteiger partial charge on any atom is 0.164 e. The molecule has 0 radical (unpaired) electrons. The fourth-order valence-corrected chi connectivity index (χ4v) is 8.72. The van der Waals surface area contributed by atoms with Gasteiger partial charge in [-0.1, -0.05) is 158 Å². The lowest BCUT2D eigenvalue weighted by Crippen LogP contribution is -2.00. The summed E-state index contributed by atoms with van der Waals surface area (Å²) < 4.78 is 8.93. The first-order valence-electron chi connectivity index (χ1n) is 20.2. The van der Waals surface area contributed by atoms with Crippen molar-refractivity contribution < 1.29 is 4.42 Å². The summed E-state index contributed by atoms with van der Waals surface area (Å²) in [6.45, 7) is 0.